The first-order valence-corrected chi connectivity index (χ1v) is 10.9. The number of carbonyl (C=O) groups is 2. The summed E-state index contributed by atoms with van der Waals surface area (Å²) in [5.74, 6) is 0.424. The van der Waals surface area contributed by atoms with Crippen LogP contribution in [0.5, 0.6) is 5.75 Å². The summed E-state index contributed by atoms with van der Waals surface area (Å²) in [6.45, 7) is 0.400. The Hall–Kier alpha value is -3.12. The van der Waals surface area contributed by atoms with Gasteiger partial charge in [-0.25, -0.2) is 0 Å². The molecule has 1 saturated carbocycles. The van der Waals surface area contributed by atoms with Gasteiger partial charge >= 0.3 is 0 Å². The number of ether oxygens (including phenoxy) is 1. The van der Waals surface area contributed by atoms with E-state index in [1.54, 1.807) is 6.07 Å². The van der Waals surface area contributed by atoms with Crippen LogP contribution in [0.15, 0.2) is 72.8 Å². The van der Waals surface area contributed by atoms with Crippen molar-refractivity contribution in [3.63, 3.8) is 0 Å². The maximum absolute atomic E-state index is 12.8. The highest BCUT2D eigenvalue weighted by Crippen LogP contribution is 2.21. The van der Waals surface area contributed by atoms with Crippen molar-refractivity contribution < 1.29 is 14.3 Å². The molecule has 6 heteroatoms. The third-order valence-corrected chi connectivity index (χ3v) is 5.90. The highest BCUT2D eigenvalue weighted by molar-refractivity contribution is 7.14. The molecule has 1 aliphatic carbocycles. The molecule has 0 spiro atoms. The van der Waals surface area contributed by atoms with Gasteiger partial charge in [-0.3, -0.25) is 9.59 Å². The maximum atomic E-state index is 12.8. The number of para-hydroxylation sites is 1. The Kier molecular flexibility index (Phi) is 6.44. The van der Waals surface area contributed by atoms with Crippen LogP contribution < -0.4 is 15.4 Å². The lowest BCUT2D eigenvalue weighted by molar-refractivity contribution is -0.123. The first-order chi connectivity index (χ1) is 14.7. The molecule has 4 rings (SSSR count). The van der Waals surface area contributed by atoms with Crippen molar-refractivity contribution in [1.29, 1.82) is 0 Å². The van der Waals surface area contributed by atoms with Crippen LogP contribution in [0.1, 0.15) is 33.0 Å². The SMILES string of the molecule is O=C(NC(Cc1ccccc1)C(=O)NC1CC1)c1ccc(COc2ccccc2)s1. The average molecular weight is 421 g/mol. The van der Waals surface area contributed by atoms with E-state index in [1.807, 2.05) is 66.7 Å². The van der Waals surface area contributed by atoms with Crippen molar-refractivity contribution >= 4 is 23.2 Å². The molecule has 1 aromatic heterocycles. The Bertz CT molecular complexity index is 984. The number of rotatable bonds is 9. The molecule has 1 unspecified atom stereocenters. The molecule has 0 bridgehead atoms. The van der Waals surface area contributed by atoms with Crippen LogP contribution in [0.3, 0.4) is 0 Å². The maximum Gasteiger partial charge on any atom is 0.262 e. The van der Waals surface area contributed by atoms with Gasteiger partial charge in [0.1, 0.15) is 18.4 Å². The zero-order chi connectivity index (χ0) is 20.8. The van der Waals surface area contributed by atoms with Crippen LogP contribution in [0, 0.1) is 0 Å². The average Bonchev–Trinajstić information content (AvgIpc) is 3.46. The summed E-state index contributed by atoms with van der Waals surface area (Å²) >= 11 is 1.38. The van der Waals surface area contributed by atoms with E-state index in [0.29, 0.717) is 17.9 Å². The highest BCUT2D eigenvalue weighted by atomic mass is 32.1. The van der Waals surface area contributed by atoms with Gasteiger partial charge in [-0.2, -0.15) is 0 Å². The minimum absolute atomic E-state index is 0.126. The van der Waals surface area contributed by atoms with E-state index >= 15 is 0 Å². The molecule has 1 aliphatic rings. The van der Waals surface area contributed by atoms with Crippen molar-refractivity contribution in [1.82, 2.24) is 10.6 Å². The molecule has 2 aromatic carbocycles. The molecule has 0 saturated heterocycles. The van der Waals surface area contributed by atoms with Gasteiger partial charge in [0.25, 0.3) is 5.91 Å². The molecule has 154 valence electrons. The van der Waals surface area contributed by atoms with Gasteiger partial charge < -0.3 is 15.4 Å². The van der Waals surface area contributed by atoms with Gasteiger partial charge in [0.05, 0.1) is 4.88 Å². The minimum atomic E-state index is -0.605. The van der Waals surface area contributed by atoms with E-state index in [-0.39, 0.29) is 17.9 Å². The van der Waals surface area contributed by atoms with E-state index in [4.69, 9.17) is 4.74 Å². The number of nitrogens with one attached hydrogen (secondary N) is 2. The van der Waals surface area contributed by atoms with Crippen molar-refractivity contribution in [3.8, 4) is 5.75 Å². The number of carbonyl (C=O) groups excluding carboxylic acids is 2. The Balaban J connectivity index is 1.38. The van der Waals surface area contributed by atoms with Gasteiger partial charge in [0, 0.05) is 17.3 Å². The topological polar surface area (TPSA) is 67.4 Å². The summed E-state index contributed by atoms with van der Waals surface area (Å²) in [6.07, 6.45) is 2.47. The van der Waals surface area contributed by atoms with E-state index in [2.05, 4.69) is 10.6 Å². The lowest BCUT2D eigenvalue weighted by Crippen LogP contribution is -2.48. The van der Waals surface area contributed by atoms with Crippen LogP contribution in [-0.2, 0) is 17.8 Å². The van der Waals surface area contributed by atoms with Gasteiger partial charge in [-0.15, -0.1) is 11.3 Å². The summed E-state index contributed by atoms with van der Waals surface area (Å²) < 4.78 is 5.75. The zero-order valence-corrected chi connectivity index (χ0v) is 17.4. The molecule has 30 heavy (non-hydrogen) atoms. The molecular formula is C24H24N2O3S. The largest absolute Gasteiger partial charge is 0.488 e. The van der Waals surface area contributed by atoms with Crippen LogP contribution in [0.4, 0.5) is 0 Å². The number of thiophene rings is 1. The fourth-order valence-electron chi connectivity index (χ4n) is 3.07. The molecule has 1 heterocycles. The number of amides is 2. The van der Waals surface area contributed by atoms with Gasteiger partial charge in [-0.1, -0.05) is 48.5 Å². The lowest BCUT2D eigenvalue weighted by atomic mass is 10.1. The molecule has 3 aromatic rings. The van der Waals surface area contributed by atoms with Gasteiger partial charge in [-0.05, 0) is 42.7 Å². The fourth-order valence-corrected chi connectivity index (χ4v) is 3.89. The third kappa shape index (κ3) is 5.70. The molecule has 2 amide bonds. The van der Waals surface area contributed by atoms with Crippen molar-refractivity contribution in [2.75, 3.05) is 0 Å². The summed E-state index contributed by atoms with van der Waals surface area (Å²) in [6, 6.07) is 22.6. The summed E-state index contributed by atoms with van der Waals surface area (Å²) in [4.78, 5) is 27.0. The lowest BCUT2D eigenvalue weighted by Gasteiger charge is -2.18. The van der Waals surface area contributed by atoms with Gasteiger partial charge in [0.2, 0.25) is 5.91 Å². The second-order valence-electron chi connectivity index (χ2n) is 7.37. The monoisotopic (exact) mass is 420 g/mol. The molecule has 0 radical (unpaired) electrons. The quantitative estimate of drug-likeness (QED) is 0.551. The first-order valence-electron chi connectivity index (χ1n) is 10.1. The van der Waals surface area contributed by atoms with E-state index in [9.17, 15) is 9.59 Å². The molecular weight excluding hydrogens is 396 g/mol. The van der Waals surface area contributed by atoms with Crippen molar-refractivity contribution in [2.24, 2.45) is 0 Å². The van der Waals surface area contributed by atoms with E-state index < -0.39 is 6.04 Å². The second-order valence-corrected chi connectivity index (χ2v) is 8.53. The summed E-state index contributed by atoms with van der Waals surface area (Å²) in [5, 5.41) is 5.92. The van der Waals surface area contributed by atoms with Crippen LogP contribution >= 0.6 is 11.3 Å². The predicted molar refractivity (Wildman–Crippen MR) is 118 cm³/mol. The Morgan fingerprint density at radius 1 is 0.967 bits per heavy atom. The summed E-state index contributed by atoms with van der Waals surface area (Å²) in [7, 11) is 0. The summed E-state index contributed by atoms with van der Waals surface area (Å²) in [5.41, 5.74) is 1.01. The Labute approximate surface area is 180 Å². The standard InChI is InChI=1S/C24H24N2O3S/c27-23(25-18-11-12-18)21(15-17-7-3-1-4-8-17)26-24(28)22-14-13-20(30-22)16-29-19-9-5-2-6-10-19/h1-10,13-14,18,21H,11-12,15-16H2,(H,25,27)(H,26,28). The number of benzene rings is 2. The normalized spacial score (nSPS) is 14.0. The molecule has 0 aliphatic heterocycles. The van der Waals surface area contributed by atoms with E-state index in [0.717, 1.165) is 29.0 Å². The van der Waals surface area contributed by atoms with Crippen LogP contribution in [0.2, 0.25) is 0 Å². The van der Waals surface area contributed by atoms with Crippen LogP contribution in [-0.4, -0.2) is 23.9 Å². The van der Waals surface area contributed by atoms with Crippen molar-refractivity contribution in [3.05, 3.63) is 88.1 Å². The highest BCUT2D eigenvalue weighted by Gasteiger charge is 2.29. The molecule has 2 N–H and O–H groups in total. The molecule has 5 nitrogen and oxygen atoms in total. The predicted octanol–water partition coefficient (Wildman–Crippen LogP) is 3.95. The molecule has 1 atom stereocenters. The Morgan fingerprint density at radius 2 is 1.67 bits per heavy atom. The number of hydrogen-bond acceptors (Lipinski definition) is 4. The Morgan fingerprint density at radius 3 is 2.37 bits per heavy atom. The van der Waals surface area contributed by atoms with E-state index in [1.165, 1.54) is 11.3 Å². The minimum Gasteiger partial charge on any atom is -0.488 e. The zero-order valence-electron chi connectivity index (χ0n) is 16.5. The first kappa shape index (κ1) is 20.2. The smallest absolute Gasteiger partial charge is 0.262 e. The van der Waals surface area contributed by atoms with Crippen LogP contribution in [0.25, 0.3) is 0 Å². The fraction of sp³-hybridized carbons (Fsp3) is 0.250. The number of hydrogen-bond donors (Lipinski definition) is 2. The molecule has 1 fully saturated rings. The second kappa shape index (κ2) is 9.59. The third-order valence-electron chi connectivity index (χ3n) is 4.84. The van der Waals surface area contributed by atoms with Gasteiger partial charge in [0.15, 0.2) is 0 Å². The van der Waals surface area contributed by atoms with Crippen molar-refractivity contribution in [2.45, 2.75) is 38.0 Å².